The largest absolute Gasteiger partial charge is 0.395 e. The molecule has 4 heteroatoms. The van der Waals surface area contributed by atoms with Crippen LogP contribution in [0.3, 0.4) is 0 Å². The monoisotopic (exact) mass is 405 g/mol. The zero-order chi connectivity index (χ0) is 19.3. The van der Waals surface area contributed by atoms with Crippen molar-refractivity contribution in [3.8, 4) is 0 Å². The molecule has 0 aliphatic carbocycles. The van der Waals surface area contributed by atoms with Crippen molar-refractivity contribution >= 4 is 12.4 Å². The van der Waals surface area contributed by atoms with Gasteiger partial charge in [-0.3, -0.25) is 4.90 Å². The summed E-state index contributed by atoms with van der Waals surface area (Å²) in [6.45, 7) is 7.37. The number of nitrogens with zero attached hydrogens (tertiary/aromatic N) is 1. The molecule has 1 unspecified atom stereocenters. The first kappa shape index (κ1) is 29.1. The van der Waals surface area contributed by atoms with Gasteiger partial charge >= 0.3 is 0 Å². The highest BCUT2D eigenvalue weighted by Gasteiger charge is 2.05. The number of hydrogen-bond acceptors (Lipinski definition) is 3. The van der Waals surface area contributed by atoms with Gasteiger partial charge in [-0.25, -0.2) is 0 Å². The van der Waals surface area contributed by atoms with Gasteiger partial charge in [-0.1, -0.05) is 77.4 Å². The lowest BCUT2D eigenvalue weighted by atomic mass is 9.97. The average Bonchev–Trinajstić information content (AvgIpc) is 2.63. The van der Waals surface area contributed by atoms with Crippen LogP contribution in [0.15, 0.2) is 12.2 Å². The minimum atomic E-state index is 0. The lowest BCUT2D eigenvalue weighted by Gasteiger charge is -2.20. The smallest absolute Gasteiger partial charge is 0.0558 e. The summed E-state index contributed by atoms with van der Waals surface area (Å²) in [7, 11) is 0. The van der Waals surface area contributed by atoms with Gasteiger partial charge in [-0.05, 0) is 44.6 Å². The Morgan fingerprint density at radius 3 is 1.89 bits per heavy atom. The van der Waals surface area contributed by atoms with Gasteiger partial charge in [0.2, 0.25) is 0 Å². The molecule has 0 saturated carbocycles. The Balaban J connectivity index is 0. The second-order valence-corrected chi connectivity index (χ2v) is 7.85. The third-order valence-electron chi connectivity index (χ3n) is 5.21. The molecule has 27 heavy (non-hydrogen) atoms. The number of unbranched alkanes of at least 4 members (excludes halogenated alkanes) is 8. The fourth-order valence-corrected chi connectivity index (χ4v) is 3.45. The highest BCUT2D eigenvalue weighted by molar-refractivity contribution is 5.85. The second kappa shape index (κ2) is 23.9. The molecule has 3 nitrogen and oxygen atoms in total. The maximum Gasteiger partial charge on any atom is 0.0558 e. The van der Waals surface area contributed by atoms with Crippen LogP contribution in [-0.2, 0) is 0 Å². The zero-order valence-corrected chi connectivity index (χ0v) is 19.0. The van der Waals surface area contributed by atoms with Crippen LogP contribution in [0, 0.1) is 5.92 Å². The van der Waals surface area contributed by atoms with E-state index in [9.17, 15) is 0 Å². The van der Waals surface area contributed by atoms with Gasteiger partial charge in [0.05, 0.1) is 13.2 Å². The predicted molar refractivity (Wildman–Crippen MR) is 122 cm³/mol. The van der Waals surface area contributed by atoms with E-state index in [4.69, 9.17) is 10.2 Å². The fraction of sp³-hybridized carbons (Fsp3) is 0.913. The Kier molecular flexibility index (Phi) is 25.8. The number of halogens is 1. The fourth-order valence-electron chi connectivity index (χ4n) is 3.45. The molecular weight excluding hydrogens is 358 g/mol. The summed E-state index contributed by atoms with van der Waals surface area (Å²) in [5.74, 6) is 0.811. The highest BCUT2D eigenvalue weighted by Crippen LogP contribution is 2.16. The van der Waals surface area contributed by atoms with Crippen molar-refractivity contribution in [3.63, 3.8) is 0 Å². The summed E-state index contributed by atoms with van der Waals surface area (Å²) in [6, 6.07) is 0. The molecule has 0 heterocycles. The SMILES string of the molecule is CCCCCCCC/C=C\CCCC(C)CCCCN(CCO)CCO.Cl. The molecule has 0 aliphatic rings. The maximum absolute atomic E-state index is 9.01. The van der Waals surface area contributed by atoms with Crippen LogP contribution in [0.1, 0.15) is 97.3 Å². The first-order valence-corrected chi connectivity index (χ1v) is 11.3. The summed E-state index contributed by atoms with van der Waals surface area (Å²) < 4.78 is 0. The molecule has 0 aromatic heterocycles. The van der Waals surface area contributed by atoms with Crippen molar-refractivity contribution in [1.29, 1.82) is 0 Å². The van der Waals surface area contributed by atoms with Gasteiger partial charge in [0, 0.05) is 13.1 Å². The first-order valence-electron chi connectivity index (χ1n) is 11.3. The molecule has 0 amide bonds. The lowest BCUT2D eigenvalue weighted by Crippen LogP contribution is -2.30. The zero-order valence-electron chi connectivity index (χ0n) is 18.2. The van der Waals surface area contributed by atoms with Crippen molar-refractivity contribution < 1.29 is 10.2 Å². The van der Waals surface area contributed by atoms with Gasteiger partial charge in [-0.15, -0.1) is 12.4 Å². The average molecular weight is 406 g/mol. The van der Waals surface area contributed by atoms with Gasteiger partial charge in [-0.2, -0.15) is 0 Å². The molecular formula is C23H48ClNO2. The number of aliphatic hydroxyl groups is 2. The number of rotatable bonds is 20. The lowest BCUT2D eigenvalue weighted by molar-refractivity contribution is 0.158. The van der Waals surface area contributed by atoms with Gasteiger partial charge in [0.15, 0.2) is 0 Å². The van der Waals surface area contributed by atoms with Crippen molar-refractivity contribution in [1.82, 2.24) is 4.90 Å². The van der Waals surface area contributed by atoms with E-state index >= 15 is 0 Å². The minimum Gasteiger partial charge on any atom is -0.395 e. The summed E-state index contributed by atoms with van der Waals surface area (Å²) in [6.07, 6.45) is 22.0. The van der Waals surface area contributed by atoms with Gasteiger partial charge in [0.1, 0.15) is 0 Å². The number of allylic oxidation sites excluding steroid dienone is 2. The summed E-state index contributed by atoms with van der Waals surface area (Å²) in [5, 5.41) is 18.0. The van der Waals surface area contributed by atoms with Crippen LogP contribution in [-0.4, -0.2) is 48.0 Å². The third kappa shape index (κ3) is 22.1. The Labute approximate surface area is 176 Å². The molecule has 0 aromatic rings. The Morgan fingerprint density at radius 1 is 0.704 bits per heavy atom. The van der Waals surface area contributed by atoms with Crippen LogP contribution in [0.2, 0.25) is 0 Å². The van der Waals surface area contributed by atoms with E-state index in [1.54, 1.807) is 0 Å². The molecule has 0 saturated heterocycles. The van der Waals surface area contributed by atoms with Crippen molar-refractivity contribution in [2.45, 2.75) is 97.3 Å². The maximum atomic E-state index is 9.01. The predicted octanol–water partition coefficient (Wildman–Crippen LogP) is 5.98. The Morgan fingerprint density at radius 2 is 1.26 bits per heavy atom. The standard InChI is InChI=1S/C23H47NO2.ClH/c1-3-4-5-6-7-8-9-10-11-12-13-16-23(2)17-14-15-18-24(19-21-25)20-22-26;/h10-11,23,25-26H,3-9,12-22H2,1-2H3;1H/b11-10-;. The Bertz CT molecular complexity index is 294. The minimum absolute atomic E-state index is 0. The van der Waals surface area contributed by atoms with Crippen LogP contribution in [0.4, 0.5) is 0 Å². The van der Waals surface area contributed by atoms with E-state index in [0.717, 1.165) is 12.5 Å². The second-order valence-electron chi connectivity index (χ2n) is 7.85. The first-order chi connectivity index (χ1) is 12.7. The molecule has 0 fully saturated rings. The van der Waals surface area contributed by atoms with Crippen LogP contribution >= 0.6 is 12.4 Å². The third-order valence-corrected chi connectivity index (χ3v) is 5.21. The number of hydrogen-bond donors (Lipinski definition) is 2. The molecule has 0 spiro atoms. The van der Waals surface area contributed by atoms with Gasteiger partial charge in [0.25, 0.3) is 0 Å². The molecule has 2 N–H and O–H groups in total. The van der Waals surface area contributed by atoms with Crippen LogP contribution in [0.25, 0.3) is 0 Å². The van der Waals surface area contributed by atoms with E-state index in [1.807, 2.05) is 0 Å². The quantitative estimate of drug-likeness (QED) is 0.193. The van der Waals surface area contributed by atoms with E-state index in [-0.39, 0.29) is 25.6 Å². The summed E-state index contributed by atoms with van der Waals surface area (Å²) in [4.78, 5) is 2.15. The van der Waals surface area contributed by atoms with E-state index in [1.165, 1.54) is 83.5 Å². The van der Waals surface area contributed by atoms with Crippen LogP contribution in [0.5, 0.6) is 0 Å². The molecule has 1 atom stereocenters. The molecule has 0 bridgehead atoms. The van der Waals surface area contributed by atoms with E-state index < -0.39 is 0 Å². The highest BCUT2D eigenvalue weighted by atomic mass is 35.5. The molecule has 0 rings (SSSR count). The van der Waals surface area contributed by atoms with Gasteiger partial charge < -0.3 is 10.2 Å². The number of aliphatic hydroxyl groups excluding tert-OH is 2. The van der Waals surface area contributed by atoms with Crippen molar-refractivity contribution in [2.24, 2.45) is 5.92 Å². The molecule has 0 radical (unpaired) electrons. The normalized spacial score (nSPS) is 12.6. The molecule has 164 valence electrons. The van der Waals surface area contributed by atoms with Crippen molar-refractivity contribution in [3.05, 3.63) is 12.2 Å². The van der Waals surface area contributed by atoms with E-state index in [0.29, 0.717) is 13.1 Å². The van der Waals surface area contributed by atoms with E-state index in [2.05, 4.69) is 30.9 Å². The topological polar surface area (TPSA) is 43.7 Å². The summed E-state index contributed by atoms with van der Waals surface area (Å²) >= 11 is 0. The molecule has 0 aromatic carbocycles. The van der Waals surface area contributed by atoms with Crippen LogP contribution < -0.4 is 0 Å². The van der Waals surface area contributed by atoms with Crippen molar-refractivity contribution in [2.75, 3.05) is 32.8 Å². The molecule has 0 aliphatic heterocycles. The summed E-state index contributed by atoms with van der Waals surface area (Å²) in [5.41, 5.74) is 0. The Hall–Kier alpha value is -0.0900.